The summed E-state index contributed by atoms with van der Waals surface area (Å²) >= 11 is 0. The van der Waals surface area contributed by atoms with Gasteiger partial charge in [0.1, 0.15) is 0 Å². The first kappa shape index (κ1) is 23.0. The van der Waals surface area contributed by atoms with Crippen molar-refractivity contribution in [3.63, 3.8) is 0 Å². The molecule has 0 spiro atoms. The molecule has 1 amide bonds. The highest BCUT2D eigenvalue weighted by Gasteiger charge is 2.49. The quantitative estimate of drug-likeness (QED) is 0.358. The third-order valence-corrected chi connectivity index (χ3v) is 5.30. The minimum Gasteiger partial charge on any atom is -0.469 e. The maximum Gasteiger partial charge on any atom is 0.478 e. The smallest absolute Gasteiger partial charge is 0.469 e. The van der Waals surface area contributed by atoms with Crippen molar-refractivity contribution in [2.75, 3.05) is 27.1 Å². The van der Waals surface area contributed by atoms with Gasteiger partial charge in [-0.2, -0.15) is 0 Å². The summed E-state index contributed by atoms with van der Waals surface area (Å²) in [6.07, 6.45) is -0.142. The number of nitrogens with zero attached hydrogens (tertiary/aromatic N) is 1. The number of amides is 1. The van der Waals surface area contributed by atoms with Crippen LogP contribution in [0.3, 0.4) is 0 Å². The molecule has 0 aromatic carbocycles. The third kappa shape index (κ3) is 6.10. The number of aryl methyl sites for hydroxylation is 1. The molecule has 1 fully saturated rings. The Bertz CT molecular complexity index is 805. The third-order valence-electron chi connectivity index (χ3n) is 3.96. The molecule has 1 aromatic rings. The number of carbonyl (C=O) groups is 3. The van der Waals surface area contributed by atoms with Gasteiger partial charge < -0.3 is 19.2 Å². The summed E-state index contributed by atoms with van der Waals surface area (Å²) in [6.45, 7) is 4.03. The number of ether oxygens (including phenoxy) is 2. The Morgan fingerprint density at radius 2 is 2.10 bits per heavy atom. The highest BCUT2D eigenvalue weighted by molar-refractivity contribution is 7.48. The first-order valence-electron chi connectivity index (χ1n) is 8.57. The fraction of sp³-hybridized carbons (Fsp3) is 0.625. The lowest BCUT2D eigenvalue weighted by Crippen LogP contribution is -2.50. The van der Waals surface area contributed by atoms with Gasteiger partial charge in [-0.25, -0.2) is 18.9 Å². The lowest BCUT2D eigenvalue weighted by molar-refractivity contribution is -0.144. The van der Waals surface area contributed by atoms with Crippen molar-refractivity contribution >= 4 is 25.7 Å². The van der Waals surface area contributed by atoms with Crippen molar-refractivity contribution in [2.45, 2.75) is 33.3 Å². The van der Waals surface area contributed by atoms with Gasteiger partial charge in [-0.1, -0.05) is 13.8 Å². The van der Waals surface area contributed by atoms with E-state index in [0.29, 0.717) is 5.69 Å². The number of rotatable bonds is 8. The molecule has 29 heavy (non-hydrogen) atoms. The molecule has 1 aliphatic rings. The summed E-state index contributed by atoms with van der Waals surface area (Å²) in [5.74, 6) is -2.09. The molecule has 1 saturated heterocycles. The van der Waals surface area contributed by atoms with Gasteiger partial charge >= 0.3 is 19.8 Å². The Morgan fingerprint density at radius 1 is 1.38 bits per heavy atom. The highest BCUT2D eigenvalue weighted by Crippen LogP contribution is 2.57. The van der Waals surface area contributed by atoms with Crippen LogP contribution in [0.4, 0.5) is 0 Å². The van der Waals surface area contributed by atoms with Gasteiger partial charge in [0.05, 0.1) is 25.8 Å². The van der Waals surface area contributed by atoms with E-state index in [2.05, 4.69) is 15.0 Å². The van der Waals surface area contributed by atoms with Crippen molar-refractivity contribution in [3.8, 4) is 0 Å². The van der Waals surface area contributed by atoms with Gasteiger partial charge in [0.15, 0.2) is 12.5 Å². The molecule has 1 aliphatic heterocycles. The van der Waals surface area contributed by atoms with Crippen LogP contribution in [0.2, 0.25) is 0 Å². The van der Waals surface area contributed by atoms with Gasteiger partial charge in [0, 0.05) is 12.0 Å². The number of phosphoric ester groups is 1. The molecular formula is C16H23N2O10P. The van der Waals surface area contributed by atoms with Crippen molar-refractivity contribution in [3.05, 3.63) is 17.8 Å². The Labute approximate surface area is 166 Å². The van der Waals surface area contributed by atoms with Crippen molar-refractivity contribution in [1.29, 1.82) is 0 Å². The van der Waals surface area contributed by atoms with E-state index in [4.69, 9.17) is 22.7 Å². The van der Waals surface area contributed by atoms with Gasteiger partial charge in [0.2, 0.25) is 18.5 Å². The molecule has 0 aliphatic carbocycles. The van der Waals surface area contributed by atoms with Crippen LogP contribution >= 0.6 is 7.82 Å². The highest BCUT2D eigenvalue weighted by atomic mass is 31.2. The largest absolute Gasteiger partial charge is 0.478 e. The van der Waals surface area contributed by atoms with Crippen molar-refractivity contribution in [2.24, 2.45) is 5.41 Å². The second-order valence-electron chi connectivity index (χ2n) is 6.76. The first-order valence-corrected chi connectivity index (χ1v) is 10.0. The molecule has 162 valence electrons. The zero-order chi connectivity index (χ0) is 21.7. The average Bonchev–Trinajstić information content (AvgIpc) is 3.09. The summed E-state index contributed by atoms with van der Waals surface area (Å²) in [5.41, 5.74) is -0.516. The zero-order valence-electron chi connectivity index (χ0n) is 16.5. The topological polar surface area (TPSA) is 152 Å². The normalized spacial score (nSPS) is 23.2. The van der Waals surface area contributed by atoms with Crippen LogP contribution in [-0.2, 0) is 37.2 Å². The average molecular weight is 434 g/mol. The lowest BCUT2D eigenvalue weighted by atomic mass is 9.87. The van der Waals surface area contributed by atoms with Crippen LogP contribution in [0, 0.1) is 12.3 Å². The zero-order valence-corrected chi connectivity index (χ0v) is 17.4. The van der Waals surface area contributed by atoms with Crippen LogP contribution in [0.25, 0.3) is 0 Å². The number of esters is 2. The van der Waals surface area contributed by atoms with E-state index in [9.17, 15) is 18.9 Å². The number of carbonyl (C=O) groups excluding carboxylic acids is 3. The van der Waals surface area contributed by atoms with Crippen molar-refractivity contribution in [1.82, 2.24) is 10.3 Å². The summed E-state index contributed by atoms with van der Waals surface area (Å²) in [6, 6.07) is 0. The molecular weight excluding hydrogens is 411 g/mol. The number of methoxy groups -OCH3 is 1. The van der Waals surface area contributed by atoms with E-state index >= 15 is 0 Å². The minimum absolute atomic E-state index is 0.0155. The molecule has 12 nitrogen and oxygen atoms in total. The van der Waals surface area contributed by atoms with Crippen LogP contribution in [0.1, 0.15) is 36.5 Å². The molecule has 0 radical (unpaired) electrons. The summed E-state index contributed by atoms with van der Waals surface area (Å²) in [4.78, 5) is 39.1. The monoisotopic (exact) mass is 434 g/mol. The number of hydrogen-bond acceptors (Lipinski definition) is 11. The van der Waals surface area contributed by atoms with E-state index in [1.54, 1.807) is 20.8 Å². The minimum atomic E-state index is -4.18. The van der Waals surface area contributed by atoms with Crippen LogP contribution in [0.5, 0.6) is 0 Å². The SMILES string of the molecule is COC(=O)CCNC(=O)[C@@H]1O[P@@](=O)(OCOC(=O)c2ocnc2C)OCC1(C)C. The van der Waals surface area contributed by atoms with Crippen LogP contribution in [-0.4, -0.2) is 56.0 Å². The number of phosphoric acid groups is 1. The summed E-state index contributed by atoms with van der Waals surface area (Å²) in [5, 5.41) is 2.51. The fourth-order valence-corrected chi connectivity index (χ4v) is 3.79. The lowest BCUT2D eigenvalue weighted by Gasteiger charge is -2.39. The molecule has 2 rings (SSSR count). The fourth-order valence-electron chi connectivity index (χ4n) is 2.28. The van der Waals surface area contributed by atoms with Gasteiger partial charge in [-0.15, -0.1) is 0 Å². The number of nitrogens with one attached hydrogen (secondary N) is 1. The van der Waals surface area contributed by atoms with Crippen molar-refractivity contribution < 1.29 is 46.4 Å². The van der Waals surface area contributed by atoms with Crippen LogP contribution in [0.15, 0.2) is 10.8 Å². The van der Waals surface area contributed by atoms with Crippen LogP contribution < -0.4 is 5.32 Å². The predicted octanol–water partition coefficient (Wildman–Crippen LogP) is 1.34. The van der Waals surface area contributed by atoms with Gasteiger partial charge in [-0.05, 0) is 6.92 Å². The molecule has 1 N–H and O–H groups in total. The molecule has 0 unspecified atom stereocenters. The maximum absolute atomic E-state index is 12.7. The Kier molecular flexibility index (Phi) is 7.53. The standard InChI is InChI=1S/C16H23N2O10P/c1-10-12(24-8-18-10)15(21)25-9-27-29(22)26-7-16(2,3)13(28-29)14(20)17-6-5-11(19)23-4/h8,13H,5-7,9H2,1-4H3,(H,17,20)/t13-,29+/m0/s1. The summed E-state index contributed by atoms with van der Waals surface area (Å²) in [7, 11) is -2.95. The van der Waals surface area contributed by atoms with Gasteiger partial charge in [0.25, 0.3) is 0 Å². The molecule has 2 atom stereocenters. The maximum atomic E-state index is 12.7. The Morgan fingerprint density at radius 3 is 2.72 bits per heavy atom. The van der Waals surface area contributed by atoms with E-state index in [1.165, 1.54) is 7.11 Å². The first-order chi connectivity index (χ1) is 13.6. The molecule has 13 heteroatoms. The molecule has 2 heterocycles. The molecule has 1 aromatic heterocycles. The van der Waals surface area contributed by atoms with E-state index < -0.39 is 44.0 Å². The Balaban J connectivity index is 1.91. The number of oxazole rings is 1. The van der Waals surface area contributed by atoms with E-state index in [-0.39, 0.29) is 25.3 Å². The molecule has 0 saturated carbocycles. The second kappa shape index (κ2) is 9.49. The van der Waals surface area contributed by atoms with Gasteiger partial charge in [-0.3, -0.25) is 18.6 Å². The molecule has 0 bridgehead atoms. The Hall–Kier alpha value is -2.27. The number of hydrogen-bond donors (Lipinski definition) is 1. The predicted molar refractivity (Wildman–Crippen MR) is 94.5 cm³/mol. The van der Waals surface area contributed by atoms with E-state index in [0.717, 1.165) is 6.39 Å². The summed E-state index contributed by atoms with van der Waals surface area (Å²) < 4.78 is 42.2. The number of aromatic nitrogens is 1. The van der Waals surface area contributed by atoms with E-state index in [1.807, 2.05) is 0 Å². The second-order valence-corrected chi connectivity index (χ2v) is 8.38.